The van der Waals surface area contributed by atoms with Gasteiger partial charge in [0, 0.05) is 5.56 Å². The summed E-state index contributed by atoms with van der Waals surface area (Å²) >= 11 is 0. The number of rotatable bonds is 2. The summed E-state index contributed by atoms with van der Waals surface area (Å²) in [5.74, 6) is -0.300. The van der Waals surface area contributed by atoms with Gasteiger partial charge in [-0.15, -0.1) is 0 Å². The van der Waals surface area contributed by atoms with Crippen LogP contribution in [-0.2, 0) is 9.31 Å². The van der Waals surface area contributed by atoms with Crippen molar-refractivity contribution in [3.63, 3.8) is 0 Å². The number of benzene rings is 1. The summed E-state index contributed by atoms with van der Waals surface area (Å²) in [6.07, 6.45) is 0. The van der Waals surface area contributed by atoms with E-state index in [1.54, 1.807) is 6.07 Å². The van der Waals surface area contributed by atoms with E-state index in [2.05, 4.69) is 0 Å². The largest absolute Gasteiger partial charge is 0.507 e. The van der Waals surface area contributed by atoms with Crippen molar-refractivity contribution in [3.05, 3.63) is 29.3 Å². The first-order valence-corrected chi connectivity index (χ1v) is 6.55. The minimum absolute atomic E-state index is 0.213. The average Bonchev–Trinajstić information content (AvgIpc) is 2.51. The Morgan fingerprint density at radius 1 is 1.16 bits per heavy atom. The molecular weight excluding hydrogens is 241 g/mol. The van der Waals surface area contributed by atoms with E-state index in [0.717, 1.165) is 5.56 Å². The lowest BCUT2D eigenvalue weighted by atomic mass is 9.74. The van der Waals surface area contributed by atoms with E-state index in [9.17, 15) is 5.11 Å². The maximum absolute atomic E-state index is 10.1. The fraction of sp³-hybridized carbons (Fsp3) is 0.571. The molecule has 0 bridgehead atoms. The van der Waals surface area contributed by atoms with Gasteiger partial charge in [-0.05, 0) is 40.2 Å². The molecule has 0 radical (unpaired) electrons. The normalized spacial score (nSPS) is 22.5. The fourth-order valence-corrected chi connectivity index (χ4v) is 2.13. The molecule has 1 aromatic carbocycles. The van der Waals surface area contributed by atoms with E-state index in [1.807, 2.05) is 46.8 Å². The highest BCUT2D eigenvalue weighted by Gasteiger charge is 2.53. The predicted molar refractivity (Wildman–Crippen MR) is 75.9 cm³/mol. The van der Waals surface area contributed by atoms with Crippen LogP contribution in [0.3, 0.4) is 0 Å². The van der Waals surface area contributed by atoms with E-state index < -0.39 is 24.3 Å². The van der Waals surface area contributed by atoms with Crippen molar-refractivity contribution in [2.45, 2.75) is 51.8 Å². The van der Waals surface area contributed by atoms with Crippen molar-refractivity contribution in [2.75, 3.05) is 0 Å². The Kier molecular flexibility index (Phi) is 3.41. The van der Waals surface area contributed by atoms with E-state index in [1.165, 1.54) is 0 Å². The molecule has 1 aromatic rings. The number of aryl methyl sites for hydroxylation is 1. The minimum atomic E-state index is -0.558. The fourth-order valence-electron chi connectivity index (χ4n) is 2.13. The Bertz CT molecular complexity index is 472. The number of phenolic OH excluding ortho intramolecular Hbond substituents is 1. The van der Waals surface area contributed by atoms with Crippen LogP contribution >= 0.6 is 0 Å². The molecule has 1 unspecified atom stereocenters. The van der Waals surface area contributed by atoms with E-state index >= 15 is 0 Å². The highest BCUT2D eigenvalue weighted by molar-refractivity contribution is 6.47. The molecule has 1 atom stereocenters. The zero-order valence-corrected chi connectivity index (χ0v) is 12.2. The molecular formula is C14H22BNO3. The second kappa shape index (κ2) is 4.51. The van der Waals surface area contributed by atoms with E-state index in [-0.39, 0.29) is 5.75 Å². The molecule has 4 nitrogen and oxygen atoms in total. The maximum Gasteiger partial charge on any atom is 0.480 e. The van der Waals surface area contributed by atoms with Gasteiger partial charge in [0.2, 0.25) is 0 Å². The van der Waals surface area contributed by atoms with Gasteiger partial charge in [0.05, 0.1) is 17.1 Å². The smallest absolute Gasteiger partial charge is 0.480 e. The molecule has 1 saturated heterocycles. The summed E-state index contributed by atoms with van der Waals surface area (Å²) in [6.45, 7) is 9.77. The number of aromatic hydroxyl groups is 1. The molecule has 1 aliphatic rings. The molecule has 0 aromatic heterocycles. The maximum atomic E-state index is 10.1. The summed E-state index contributed by atoms with van der Waals surface area (Å²) in [5, 5.41) is 10.1. The van der Waals surface area contributed by atoms with Crippen LogP contribution in [-0.4, -0.2) is 23.4 Å². The summed E-state index contributed by atoms with van der Waals surface area (Å²) in [5.41, 5.74) is 6.81. The van der Waals surface area contributed by atoms with Gasteiger partial charge in [-0.25, -0.2) is 0 Å². The lowest BCUT2D eigenvalue weighted by molar-refractivity contribution is 0.00578. The van der Waals surface area contributed by atoms with Crippen molar-refractivity contribution >= 4 is 7.12 Å². The number of hydrogen-bond donors (Lipinski definition) is 2. The number of hydrogen-bond acceptors (Lipinski definition) is 4. The first-order valence-electron chi connectivity index (χ1n) is 6.55. The van der Waals surface area contributed by atoms with Crippen LogP contribution < -0.4 is 5.73 Å². The zero-order chi connectivity index (χ0) is 14.4. The van der Waals surface area contributed by atoms with Gasteiger partial charge in [-0.2, -0.15) is 0 Å². The highest BCUT2D eigenvalue weighted by Crippen LogP contribution is 2.40. The monoisotopic (exact) mass is 263 g/mol. The van der Waals surface area contributed by atoms with Crippen molar-refractivity contribution < 1.29 is 14.4 Å². The van der Waals surface area contributed by atoms with Crippen LogP contribution in [0.25, 0.3) is 0 Å². The predicted octanol–water partition coefficient (Wildman–Crippen LogP) is 2.33. The molecule has 0 saturated carbocycles. The number of para-hydroxylation sites is 1. The summed E-state index contributed by atoms with van der Waals surface area (Å²) in [4.78, 5) is 0. The molecule has 3 N–H and O–H groups in total. The molecule has 1 fully saturated rings. The molecule has 5 heteroatoms. The third kappa shape index (κ3) is 2.38. The number of phenols is 1. The van der Waals surface area contributed by atoms with Gasteiger partial charge in [0.1, 0.15) is 5.75 Å². The molecule has 1 heterocycles. The highest BCUT2D eigenvalue weighted by atomic mass is 16.7. The molecule has 0 aliphatic carbocycles. The van der Waals surface area contributed by atoms with Crippen LogP contribution in [0.2, 0.25) is 0 Å². The van der Waals surface area contributed by atoms with Crippen molar-refractivity contribution in [2.24, 2.45) is 5.73 Å². The van der Waals surface area contributed by atoms with Crippen LogP contribution in [0.4, 0.5) is 0 Å². The number of nitrogens with two attached hydrogens (primary N) is 1. The Balaban J connectivity index is 2.27. The van der Waals surface area contributed by atoms with Crippen LogP contribution in [0, 0.1) is 6.92 Å². The average molecular weight is 263 g/mol. The quantitative estimate of drug-likeness (QED) is 0.804. The SMILES string of the molecule is Cc1cccc(C(N)B2OC(C)(C)C(C)(C)O2)c1O. The summed E-state index contributed by atoms with van der Waals surface area (Å²) < 4.78 is 11.8. The third-order valence-electron chi connectivity index (χ3n) is 4.19. The summed E-state index contributed by atoms with van der Waals surface area (Å²) in [6, 6.07) is 5.52. The van der Waals surface area contributed by atoms with Gasteiger partial charge < -0.3 is 20.1 Å². The molecule has 104 valence electrons. The Morgan fingerprint density at radius 2 is 1.68 bits per heavy atom. The van der Waals surface area contributed by atoms with E-state index in [0.29, 0.717) is 5.56 Å². The van der Waals surface area contributed by atoms with Gasteiger partial charge in [0.15, 0.2) is 0 Å². The van der Waals surface area contributed by atoms with Crippen molar-refractivity contribution in [1.29, 1.82) is 0 Å². The Labute approximate surface area is 115 Å². The Hall–Kier alpha value is -1.04. The second-order valence-electron chi connectivity index (χ2n) is 6.16. The second-order valence-corrected chi connectivity index (χ2v) is 6.16. The summed E-state index contributed by atoms with van der Waals surface area (Å²) in [7, 11) is -0.558. The van der Waals surface area contributed by atoms with Crippen LogP contribution in [0.1, 0.15) is 44.8 Å². The molecule has 19 heavy (non-hydrogen) atoms. The topological polar surface area (TPSA) is 64.7 Å². The van der Waals surface area contributed by atoms with Gasteiger partial charge in [-0.3, -0.25) is 0 Å². The Morgan fingerprint density at radius 3 is 2.21 bits per heavy atom. The lowest BCUT2D eigenvalue weighted by Gasteiger charge is -2.32. The molecule has 0 spiro atoms. The van der Waals surface area contributed by atoms with Crippen molar-refractivity contribution in [1.82, 2.24) is 0 Å². The molecule has 1 aliphatic heterocycles. The van der Waals surface area contributed by atoms with Crippen LogP contribution in [0.15, 0.2) is 18.2 Å². The van der Waals surface area contributed by atoms with E-state index in [4.69, 9.17) is 15.0 Å². The van der Waals surface area contributed by atoms with Crippen LogP contribution in [0.5, 0.6) is 5.75 Å². The minimum Gasteiger partial charge on any atom is -0.507 e. The van der Waals surface area contributed by atoms with Gasteiger partial charge >= 0.3 is 7.12 Å². The van der Waals surface area contributed by atoms with Gasteiger partial charge in [0.25, 0.3) is 0 Å². The molecule has 0 amide bonds. The third-order valence-corrected chi connectivity index (χ3v) is 4.19. The first kappa shape index (κ1) is 14.4. The molecule has 2 rings (SSSR count). The van der Waals surface area contributed by atoms with Crippen molar-refractivity contribution in [3.8, 4) is 5.75 Å². The first-order chi connectivity index (χ1) is 8.66. The zero-order valence-electron chi connectivity index (χ0n) is 12.2. The standard InChI is InChI=1S/C14H22BNO3/c1-9-7-6-8-10(11(9)17)12(16)15-18-13(2,3)14(4,5)19-15/h6-8,12,17H,16H2,1-5H3. The van der Waals surface area contributed by atoms with Gasteiger partial charge in [-0.1, -0.05) is 18.2 Å². The lowest BCUT2D eigenvalue weighted by Crippen LogP contribution is -2.41.